The van der Waals surface area contributed by atoms with Crippen molar-refractivity contribution in [2.45, 2.75) is 0 Å². The molecule has 0 radical (unpaired) electrons. The van der Waals surface area contributed by atoms with E-state index in [9.17, 15) is 4.79 Å². The van der Waals surface area contributed by atoms with Crippen LogP contribution >= 0.6 is 11.6 Å². The molecule has 0 saturated heterocycles. The number of amides is 1. The Bertz CT molecular complexity index is 811. The van der Waals surface area contributed by atoms with Crippen molar-refractivity contribution in [2.24, 2.45) is 5.73 Å². The number of benzene rings is 2. The van der Waals surface area contributed by atoms with Gasteiger partial charge in [-0.1, -0.05) is 35.9 Å². The summed E-state index contributed by atoms with van der Waals surface area (Å²) < 4.78 is 0. The molecule has 22 heavy (non-hydrogen) atoms. The summed E-state index contributed by atoms with van der Waals surface area (Å²) in [5.41, 5.74) is 9.63. The van der Waals surface area contributed by atoms with Gasteiger partial charge in [-0.3, -0.25) is 9.78 Å². The number of nitrogens with zero attached hydrogens (tertiary/aromatic N) is 1. The predicted octanol–water partition coefficient (Wildman–Crippen LogP) is 4.17. The van der Waals surface area contributed by atoms with Gasteiger partial charge in [-0.05, 0) is 47.5 Å². The zero-order chi connectivity index (χ0) is 15.5. The molecule has 0 atom stereocenters. The summed E-state index contributed by atoms with van der Waals surface area (Å²) in [6.07, 6.45) is 1.77. The second-order valence-corrected chi connectivity index (χ2v) is 5.31. The molecule has 3 nitrogen and oxygen atoms in total. The lowest BCUT2D eigenvalue weighted by molar-refractivity contribution is 0.100. The summed E-state index contributed by atoms with van der Waals surface area (Å²) in [5, 5.41) is 0.708. The maximum Gasteiger partial charge on any atom is 0.248 e. The Balaban J connectivity index is 1.97. The van der Waals surface area contributed by atoms with Gasteiger partial charge in [-0.2, -0.15) is 0 Å². The standard InChI is InChI=1S/C18H13ClN2O/c19-16-7-5-12(6-8-16)15-9-10-21-17(11-15)13-1-3-14(4-2-13)18(20)22/h1-11H,(H2,20,22). The number of rotatable bonds is 3. The fraction of sp³-hybridized carbons (Fsp3) is 0. The molecule has 0 unspecified atom stereocenters. The van der Waals surface area contributed by atoms with Gasteiger partial charge in [0.15, 0.2) is 0 Å². The Morgan fingerprint density at radius 1 is 0.864 bits per heavy atom. The first-order valence-electron chi connectivity index (χ1n) is 6.76. The Morgan fingerprint density at radius 2 is 1.50 bits per heavy atom. The van der Waals surface area contributed by atoms with Crippen molar-refractivity contribution >= 4 is 17.5 Å². The number of hydrogen-bond donors (Lipinski definition) is 1. The number of hydrogen-bond acceptors (Lipinski definition) is 2. The molecule has 1 amide bonds. The molecular weight excluding hydrogens is 296 g/mol. The highest BCUT2D eigenvalue weighted by Gasteiger charge is 2.05. The van der Waals surface area contributed by atoms with E-state index in [1.807, 2.05) is 48.5 Å². The smallest absolute Gasteiger partial charge is 0.248 e. The molecule has 0 saturated carbocycles. The molecular formula is C18H13ClN2O. The van der Waals surface area contributed by atoms with E-state index in [2.05, 4.69) is 4.98 Å². The van der Waals surface area contributed by atoms with Crippen LogP contribution in [0.25, 0.3) is 22.4 Å². The molecule has 0 aliphatic heterocycles. The molecule has 0 aliphatic carbocycles. The summed E-state index contributed by atoms with van der Waals surface area (Å²) in [4.78, 5) is 15.5. The second-order valence-electron chi connectivity index (χ2n) is 4.88. The van der Waals surface area contributed by atoms with Gasteiger partial charge in [-0.15, -0.1) is 0 Å². The van der Waals surface area contributed by atoms with Crippen molar-refractivity contribution in [3.05, 3.63) is 77.4 Å². The maximum atomic E-state index is 11.1. The van der Waals surface area contributed by atoms with Crippen molar-refractivity contribution in [1.29, 1.82) is 0 Å². The van der Waals surface area contributed by atoms with E-state index in [0.29, 0.717) is 10.6 Å². The first-order chi connectivity index (χ1) is 10.6. The van der Waals surface area contributed by atoms with Crippen LogP contribution in [0.1, 0.15) is 10.4 Å². The lowest BCUT2D eigenvalue weighted by Crippen LogP contribution is -2.10. The normalized spacial score (nSPS) is 10.4. The van der Waals surface area contributed by atoms with Gasteiger partial charge in [0.25, 0.3) is 0 Å². The largest absolute Gasteiger partial charge is 0.366 e. The molecule has 3 rings (SSSR count). The monoisotopic (exact) mass is 308 g/mol. The van der Waals surface area contributed by atoms with Crippen molar-refractivity contribution in [3.63, 3.8) is 0 Å². The molecule has 0 bridgehead atoms. The number of carbonyl (C=O) groups excluding carboxylic acids is 1. The van der Waals surface area contributed by atoms with Crippen molar-refractivity contribution < 1.29 is 4.79 Å². The first-order valence-corrected chi connectivity index (χ1v) is 7.13. The molecule has 2 aromatic carbocycles. The third kappa shape index (κ3) is 3.00. The van der Waals surface area contributed by atoms with Crippen LogP contribution in [0, 0.1) is 0 Å². The Morgan fingerprint density at radius 3 is 2.14 bits per heavy atom. The average molecular weight is 309 g/mol. The molecule has 1 heterocycles. The van der Waals surface area contributed by atoms with E-state index in [0.717, 1.165) is 22.4 Å². The predicted molar refractivity (Wildman–Crippen MR) is 88.6 cm³/mol. The Kier molecular flexibility index (Phi) is 3.90. The minimum absolute atomic E-state index is 0.436. The fourth-order valence-electron chi connectivity index (χ4n) is 2.22. The maximum absolute atomic E-state index is 11.1. The molecule has 0 spiro atoms. The van der Waals surface area contributed by atoms with Gasteiger partial charge in [0.1, 0.15) is 0 Å². The van der Waals surface area contributed by atoms with Gasteiger partial charge in [0, 0.05) is 22.3 Å². The first kappa shape index (κ1) is 14.3. The number of primary amides is 1. The summed E-state index contributed by atoms with van der Waals surface area (Å²) in [6.45, 7) is 0. The van der Waals surface area contributed by atoms with E-state index >= 15 is 0 Å². The number of nitrogens with two attached hydrogens (primary N) is 1. The number of pyridine rings is 1. The van der Waals surface area contributed by atoms with Gasteiger partial charge in [-0.25, -0.2) is 0 Å². The Hall–Kier alpha value is -2.65. The summed E-state index contributed by atoms with van der Waals surface area (Å²) in [5.74, 6) is -0.436. The minimum Gasteiger partial charge on any atom is -0.366 e. The Labute approximate surface area is 133 Å². The zero-order valence-electron chi connectivity index (χ0n) is 11.7. The van der Waals surface area contributed by atoms with Crippen LogP contribution in [0.15, 0.2) is 66.9 Å². The highest BCUT2D eigenvalue weighted by atomic mass is 35.5. The van der Waals surface area contributed by atoms with Crippen LogP contribution in [0.2, 0.25) is 5.02 Å². The van der Waals surface area contributed by atoms with E-state index in [4.69, 9.17) is 17.3 Å². The van der Waals surface area contributed by atoms with E-state index in [-0.39, 0.29) is 0 Å². The second kappa shape index (κ2) is 6.00. The minimum atomic E-state index is -0.436. The van der Waals surface area contributed by atoms with Crippen molar-refractivity contribution in [1.82, 2.24) is 4.98 Å². The molecule has 3 aromatic rings. The van der Waals surface area contributed by atoms with E-state index in [1.165, 1.54) is 0 Å². The molecule has 0 aliphatic rings. The van der Waals surface area contributed by atoms with Crippen LogP contribution in [-0.4, -0.2) is 10.9 Å². The summed E-state index contributed by atoms with van der Waals surface area (Å²) in [7, 11) is 0. The van der Waals surface area contributed by atoms with Crippen LogP contribution in [0.3, 0.4) is 0 Å². The van der Waals surface area contributed by atoms with Crippen molar-refractivity contribution in [2.75, 3.05) is 0 Å². The zero-order valence-corrected chi connectivity index (χ0v) is 12.4. The molecule has 2 N–H and O–H groups in total. The number of carbonyl (C=O) groups is 1. The SMILES string of the molecule is NC(=O)c1ccc(-c2cc(-c3ccc(Cl)cc3)ccn2)cc1. The quantitative estimate of drug-likeness (QED) is 0.789. The molecule has 0 fully saturated rings. The average Bonchev–Trinajstić information content (AvgIpc) is 2.56. The lowest BCUT2D eigenvalue weighted by Gasteiger charge is -2.06. The van der Waals surface area contributed by atoms with Crippen LogP contribution in [0.4, 0.5) is 0 Å². The fourth-order valence-corrected chi connectivity index (χ4v) is 2.34. The lowest BCUT2D eigenvalue weighted by atomic mass is 10.0. The van der Waals surface area contributed by atoms with Crippen LogP contribution < -0.4 is 5.73 Å². The van der Waals surface area contributed by atoms with Crippen molar-refractivity contribution in [3.8, 4) is 22.4 Å². The highest BCUT2D eigenvalue weighted by Crippen LogP contribution is 2.25. The van der Waals surface area contributed by atoms with E-state index < -0.39 is 5.91 Å². The van der Waals surface area contributed by atoms with Crippen LogP contribution in [-0.2, 0) is 0 Å². The summed E-state index contributed by atoms with van der Waals surface area (Å²) >= 11 is 5.92. The topological polar surface area (TPSA) is 56.0 Å². The molecule has 4 heteroatoms. The van der Waals surface area contributed by atoms with E-state index in [1.54, 1.807) is 18.3 Å². The van der Waals surface area contributed by atoms with Gasteiger partial charge in [0.05, 0.1) is 5.69 Å². The summed E-state index contributed by atoms with van der Waals surface area (Å²) in [6, 6.07) is 18.7. The highest BCUT2D eigenvalue weighted by molar-refractivity contribution is 6.30. The van der Waals surface area contributed by atoms with Gasteiger partial charge < -0.3 is 5.73 Å². The van der Waals surface area contributed by atoms with Gasteiger partial charge in [0.2, 0.25) is 5.91 Å². The van der Waals surface area contributed by atoms with Crippen LogP contribution in [0.5, 0.6) is 0 Å². The molecule has 108 valence electrons. The molecule has 1 aromatic heterocycles. The third-order valence-corrected chi connectivity index (χ3v) is 3.65. The number of halogens is 1. The third-order valence-electron chi connectivity index (χ3n) is 3.40. The van der Waals surface area contributed by atoms with Gasteiger partial charge >= 0.3 is 0 Å². The number of aromatic nitrogens is 1.